The van der Waals surface area contributed by atoms with Crippen LogP contribution in [0.25, 0.3) is 0 Å². The van der Waals surface area contributed by atoms with Gasteiger partial charge in [-0.3, -0.25) is 0 Å². The maximum Gasteiger partial charge on any atom is 0.340 e. The molecule has 1 aromatic carbocycles. The van der Waals surface area contributed by atoms with Gasteiger partial charge in [-0.15, -0.1) is 0 Å². The van der Waals surface area contributed by atoms with Crippen LogP contribution in [0.3, 0.4) is 0 Å². The average Bonchev–Trinajstić information content (AvgIpc) is 2.17. The van der Waals surface area contributed by atoms with E-state index in [0.717, 1.165) is 0 Å². The molecule has 0 aliphatic rings. The second-order valence-electron chi connectivity index (χ2n) is 2.81. The van der Waals surface area contributed by atoms with Crippen molar-refractivity contribution in [1.82, 2.24) is 0 Å². The second-order valence-corrected chi connectivity index (χ2v) is 2.81. The van der Waals surface area contributed by atoms with Crippen LogP contribution in [0, 0.1) is 0 Å². The van der Waals surface area contributed by atoms with Gasteiger partial charge in [-0.2, -0.15) is 0 Å². The first kappa shape index (κ1) is 10.5. The van der Waals surface area contributed by atoms with E-state index < -0.39 is 5.97 Å². The lowest BCUT2D eigenvalue weighted by Crippen LogP contribution is -2.13. The van der Waals surface area contributed by atoms with Gasteiger partial charge in [-0.25, -0.2) is 4.79 Å². The molecular weight excluding hydrogens is 180 g/mol. The van der Waals surface area contributed by atoms with E-state index >= 15 is 0 Å². The Morgan fingerprint density at radius 3 is 2.79 bits per heavy atom. The number of ether oxygens (including phenoxy) is 1. The first-order valence-corrected chi connectivity index (χ1v) is 4.45. The summed E-state index contributed by atoms with van der Waals surface area (Å²) in [5.41, 5.74) is 12.7. The molecule has 0 atom stereocenters. The van der Waals surface area contributed by atoms with Crippen molar-refractivity contribution in [3.8, 4) is 0 Å². The van der Waals surface area contributed by atoms with E-state index in [9.17, 15) is 4.79 Å². The summed E-state index contributed by atoms with van der Waals surface area (Å²) in [7, 11) is 0. The van der Waals surface area contributed by atoms with E-state index in [2.05, 4.69) is 0 Å². The molecule has 76 valence electrons. The SMILES string of the molecule is CCOC(=O)c1c(N)cccc1CN. The number of anilines is 1. The van der Waals surface area contributed by atoms with Crippen molar-refractivity contribution in [3.05, 3.63) is 29.3 Å². The number of nitrogens with two attached hydrogens (primary N) is 2. The molecule has 0 unspecified atom stereocenters. The van der Waals surface area contributed by atoms with E-state index in [1.54, 1.807) is 25.1 Å². The second kappa shape index (κ2) is 4.62. The zero-order valence-corrected chi connectivity index (χ0v) is 8.12. The summed E-state index contributed by atoms with van der Waals surface area (Å²) in [6.07, 6.45) is 0. The molecule has 14 heavy (non-hydrogen) atoms. The quantitative estimate of drug-likeness (QED) is 0.553. The first-order valence-electron chi connectivity index (χ1n) is 4.45. The molecular formula is C10H14N2O2. The summed E-state index contributed by atoms with van der Waals surface area (Å²) in [6.45, 7) is 2.36. The van der Waals surface area contributed by atoms with Crippen molar-refractivity contribution in [3.63, 3.8) is 0 Å². The fraction of sp³-hybridized carbons (Fsp3) is 0.300. The van der Waals surface area contributed by atoms with E-state index in [0.29, 0.717) is 23.4 Å². The molecule has 4 N–H and O–H groups in total. The van der Waals surface area contributed by atoms with Gasteiger partial charge in [0.15, 0.2) is 0 Å². The van der Waals surface area contributed by atoms with Gasteiger partial charge in [-0.05, 0) is 18.6 Å². The number of benzene rings is 1. The van der Waals surface area contributed by atoms with Gasteiger partial charge in [0, 0.05) is 12.2 Å². The van der Waals surface area contributed by atoms with Crippen LogP contribution >= 0.6 is 0 Å². The molecule has 0 aliphatic heterocycles. The van der Waals surface area contributed by atoms with Crippen LogP contribution in [0.2, 0.25) is 0 Å². The zero-order valence-electron chi connectivity index (χ0n) is 8.12. The van der Waals surface area contributed by atoms with Crippen LogP contribution in [0.15, 0.2) is 18.2 Å². The van der Waals surface area contributed by atoms with Gasteiger partial charge < -0.3 is 16.2 Å². The summed E-state index contributed by atoms with van der Waals surface area (Å²) < 4.78 is 4.88. The molecule has 0 amide bonds. The summed E-state index contributed by atoms with van der Waals surface area (Å²) in [5.74, 6) is -0.411. The van der Waals surface area contributed by atoms with Crippen molar-refractivity contribution in [2.75, 3.05) is 12.3 Å². The van der Waals surface area contributed by atoms with Crippen LogP contribution < -0.4 is 11.5 Å². The molecule has 0 aliphatic carbocycles. The Kier molecular flexibility index (Phi) is 3.48. The number of esters is 1. The van der Waals surface area contributed by atoms with Crippen LogP contribution in [-0.2, 0) is 11.3 Å². The largest absolute Gasteiger partial charge is 0.462 e. The molecule has 0 spiro atoms. The van der Waals surface area contributed by atoms with Crippen LogP contribution in [0.5, 0.6) is 0 Å². The van der Waals surface area contributed by atoms with Gasteiger partial charge in [0.05, 0.1) is 12.2 Å². The van der Waals surface area contributed by atoms with Crippen molar-refractivity contribution >= 4 is 11.7 Å². The van der Waals surface area contributed by atoms with Crippen molar-refractivity contribution in [1.29, 1.82) is 0 Å². The molecule has 0 heterocycles. The molecule has 0 saturated carbocycles. The Labute approximate surface area is 82.8 Å². The Bertz CT molecular complexity index is 337. The fourth-order valence-electron chi connectivity index (χ4n) is 1.24. The maximum absolute atomic E-state index is 11.5. The highest BCUT2D eigenvalue weighted by Gasteiger charge is 2.14. The molecule has 0 aromatic heterocycles. The standard InChI is InChI=1S/C10H14N2O2/c1-2-14-10(13)9-7(6-11)4-3-5-8(9)12/h3-5H,2,6,11-12H2,1H3. The summed E-state index contributed by atoms with van der Waals surface area (Å²) in [4.78, 5) is 11.5. The smallest absolute Gasteiger partial charge is 0.340 e. The van der Waals surface area contributed by atoms with Gasteiger partial charge in [0.1, 0.15) is 0 Å². The summed E-state index contributed by atoms with van der Waals surface area (Å²) in [6, 6.07) is 5.19. The van der Waals surface area contributed by atoms with Gasteiger partial charge in [-0.1, -0.05) is 12.1 Å². The van der Waals surface area contributed by atoms with Crippen LogP contribution in [0.1, 0.15) is 22.8 Å². The summed E-state index contributed by atoms with van der Waals surface area (Å²) >= 11 is 0. The molecule has 0 bridgehead atoms. The lowest BCUT2D eigenvalue weighted by atomic mass is 10.1. The van der Waals surface area contributed by atoms with Crippen molar-refractivity contribution in [2.45, 2.75) is 13.5 Å². The van der Waals surface area contributed by atoms with E-state index in [1.165, 1.54) is 0 Å². The van der Waals surface area contributed by atoms with Gasteiger partial charge in [0.25, 0.3) is 0 Å². The van der Waals surface area contributed by atoms with E-state index in [1.807, 2.05) is 0 Å². The Morgan fingerprint density at radius 2 is 2.21 bits per heavy atom. The van der Waals surface area contributed by atoms with Crippen LogP contribution in [-0.4, -0.2) is 12.6 Å². The minimum atomic E-state index is -0.411. The number of rotatable bonds is 3. The predicted molar refractivity (Wildman–Crippen MR) is 54.7 cm³/mol. The fourth-order valence-corrected chi connectivity index (χ4v) is 1.24. The number of carbonyl (C=O) groups excluding carboxylic acids is 1. The predicted octanol–water partition coefficient (Wildman–Crippen LogP) is 0.904. The minimum absolute atomic E-state index is 0.277. The van der Waals surface area contributed by atoms with Crippen molar-refractivity contribution in [2.24, 2.45) is 5.73 Å². The highest BCUT2D eigenvalue weighted by molar-refractivity contribution is 5.96. The molecule has 0 fully saturated rings. The number of hydrogen-bond acceptors (Lipinski definition) is 4. The van der Waals surface area contributed by atoms with Crippen LogP contribution in [0.4, 0.5) is 5.69 Å². The third-order valence-electron chi connectivity index (χ3n) is 1.88. The van der Waals surface area contributed by atoms with E-state index in [4.69, 9.17) is 16.2 Å². The molecule has 1 rings (SSSR count). The molecule has 1 aromatic rings. The normalized spacial score (nSPS) is 9.86. The van der Waals surface area contributed by atoms with Crippen molar-refractivity contribution < 1.29 is 9.53 Å². The molecule has 4 heteroatoms. The highest BCUT2D eigenvalue weighted by atomic mass is 16.5. The van der Waals surface area contributed by atoms with E-state index in [-0.39, 0.29) is 6.54 Å². The van der Waals surface area contributed by atoms with Gasteiger partial charge >= 0.3 is 5.97 Å². The number of nitrogen functional groups attached to an aromatic ring is 1. The highest BCUT2D eigenvalue weighted by Crippen LogP contribution is 2.17. The lowest BCUT2D eigenvalue weighted by Gasteiger charge is -2.09. The molecule has 0 saturated heterocycles. The minimum Gasteiger partial charge on any atom is -0.462 e. The lowest BCUT2D eigenvalue weighted by molar-refractivity contribution is 0.0526. The molecule has 0 radical (unpaired) electrons. The third kappa shape index (κ3) is 2.03. The Morgan fingerprint density at radius 1 is 1.50 bits per heavy atom. The Hall–Kier alpha value is -1.55. The monoisotopic (exact) mass is 194 g/mol. The zero-order chi connectivity index (χ0) is 10.6. The molecule has 4 nitrogen and oxygen atoms in total. The number of carbonyl (C=O) groups is 1. The summed E-state index contributed by atoms with van der Waals surface area (Å²) in [5, 5.41) is 0. The average molecular weight is 194 g/mol. The Balaban J connectivity index is 3.10. The third-order valence-corrected chi connectivity index (χ3v) is 1.88. The topological polar surface area (TPSA) is 78.3 Å². The van der Waals surface area contributed by atoms with Gasteiger partial charge in [0.2, 0.25) is 0 Å². The first-order chi connectivity index (χ1) is 6.70. The maximum atomic E-state index is 11.5. The number of hydrogen-bond donors (Lipinski definition) is 2.